The maximum Gasteiger partial charge on any atom is 0.0119 e. The highest BCUT2D eigenvalue weighted by Gasteiger charge is 2.02. The highest BCUT2D eigenvalue weighted by Crippen LogP contribution is 2.37. The van der Waals surface area contributed by atoms with Crippen LogP contribution in [0.4, 0.5) is 0 Å². The van der Waals surface area contributed by atoms with E-state index in [9.17, 15) is 14.4 Å². The van der Waals surface area contributed by atoms with Crippen molar-refractivity contribution in [2.75, 3.05) is 0 Å². The van der Waals surface area contributed by atoms with Crippen LogP contribution in [0, 0.1) is 0 Å². The number of benzene rings is 1. The standard InChI is InChI=1S/C14H21O3PS/c1-2-3-4-6-11-14(12-18(15,16)17)19-13-9-7-5-8-10-13/h5,7-10,12H,2-4,6,11H2,1H3,(H2,15,16,17)/p-2/b14-12-. The molecule has 0 saturated heterocycles. The van der Waals surface area contributed by atoms with Crippen LogP contribution in [-0.4, -0.2) is 0 Å². The van der Waals surface area contributed by atoms with Gasteiger partial charge in [-0.2, -0.15) is 0 Å². The number of allylic oxidation sites excluding steroid dienone is 1. The monoisotopic (exact) mass is 298 g/mol. The minimum absolute atomic E-state index is 0.635. The Morgan fingerprint density at radius 3 is 2.47 bits per heavy atom. The van der Waals surface area contributed by atoms with Gasteiger partial charge in [-0.25, -0.2) is 0 Å². The van der Waals surface area contributed by atoms with Crippen LogP contribution in [-0.2, 0) is 4.57 Å². The average Bonchev–Trinajstić information content (AvgIpc) is 2.34. The second kappa shape index (κ2) is 8.60. The molecule has 3 nitrogen and oxygen atoms in total. The fraction of sp³-hybridized carbons (Fsp3) is 0.429. The Hall–Kier alpha value is -0.540. The first kappa shape index (κ1) is 16.5. The molecule has 0 fully saturated rings. The molecule has 0 radical (unpaired) electrons. The van der Waals surface area contributed by atoms with Gasteiger partial charge in [0, 0.05) is 4.90 Å². The summed E-state index contributed by atoms with van der Waals surface area (Å²) in [5.74, 6) is 0.886. The first-order valence-electron chi connectivity index (χ1n) is 6.47. The second-order valence-electron chi connectivity index (χ2n) is 4.36. The van der Waals surface area contributed by atoms with E-state index in [1.165, 1.54) is 11.8 Å². The Labute approximate surface area is 119 Å². The van der Waals surface area contributed by atoms with Crippen LogP contribution in [0.5, 0.6) is 0 Å². The zero-order valence-electron chi connectivity index (χ0n) is 11.1. The lowest BCUT2D eigenvalue weighted by molar-refractivity contribution is -0.308. The number of thioether (sulfide) groups is 1. The van der Waals surface area contributed by atoms with E-state index in [-0.39, 0.29) is 0 Å². The van der Waals surface area contributed by atoms with Crippen LogP contribution >= 0.6 is 19.4 Å². The molecule has 0 aromatic heterocycles. The molecule has 1 aromatic rings. The molecule has 0 spiro atoms. The summed E-state index contributed by atoms with van der Waals surface area (Å²) in [6, 6.07) is 9.51. The minimum Gasteiger partial charge on any atom is -0.808 e. The molecule has 106 valence electrons. The van der Waals surface area contributed by atoms with Crippen molar-refractivity contribution < 1.29 is 14.4 Å². The van der Waals surface area contributed by atoms with Crippen LogP contribution in [0.15, 0.2) is 45.9 Å². The van der Waals surface area contributed by atoms with E-state index in [1.54, 1.807) is 0 Å². The number of unbranched alkanes of at least 4 members (excludes halogenated alkanes) is 3. The number of hydrogen-bond donors (Lipinski definition) is 0. The molecule has 0 aliphatic heterocycles. The van der Waals surface area contributed by atoms with Gasteiger partial charge in [0.2, 0.25) is 0 Å². The highest BCUT2D eigenvalue weighted by atomic mass is 32.2. The SMILES string of the molecule is CCCCCC/C(=C/P(=O)([O-])[O-])Sc1ccccc1. The van der Waals surface area contributed by atoms with Crippen molar-refractivity contribution in [3.63, 3.8) is 0 Å². The molecule has 5 heteroatoms. The van der Waals surface area contributed by atoms with Gasteiger partial charge < -0.3 is 14.4 Å². The Kier molecular flexibility index (Phi) is 7.47. The van der Waals surface area contributed by atoms with Crippen molar-refractivity contribution in [2.45, 2.75) is 43.9 Å². The summed E-state index contributed by atoms with van der Waals surface area (Å²) in [6.45, 7) is 2.12. The van der Waals surface area contributed by atoms with Crippen LogP contribution < -0.4 is 9.79 Å². The van der Waals surface area contributed by atoms with Gasteiger partial charge in [-0.3, -0.25) is 0 Å². The molecule has 19 heavy (non-hydrogen) atoms. The van der Waals surface area contributed by atoms with Crippen molar-refractivity contribution in [1.29, 1.82) is 0 Å². The molecule has 0 amide bonds. The van der Waals surface area contributed by atoms with Crippen LogP contribution in [0.2, 0.25) is 0 Å². The Balaban J connectivity index is 2.65. The van der Waals surface area contributed by atoms with Gasteiger partial charge >= 0.3 is 0 Å². The van der Waals surface area contributed by atoms with E-state index in [0.717, 1.165) is 36.4 Å². The first-order valence-corrected chi connectivity index (χ1v) is 8.90. The molecule has 0 heterocycles. The van der Waals surface area contributed by atoms with Gasteiger partial charge in [0.05, 0.1) is 0 Å². The zero-order chi connectivity index (χ0) is 14.1. The summed E-state index contributed by atoms with van der Waals surface area (Å²) in [4.78, 5) is 23.4. The Morgan fingerprint density at radius 2 is 1.89 bits per heavy atom. The summed E-state index contributed by atoms with van der Waals surface area (Å²) in [5.41, 5.74) is 0. The Morgan fingerprint density at radius 1 is 1.21 bits per heavy atom. The summed E-state index contributed by atoms with van der Waals surface area (Å²) in [5, 5.41) is 0. The third-order valence-electron chi connectivity index (χ3n) is 2.57. The lowest BCUT2D eigenvalue weighted by Gasteiger charge is -2.26. The predicted molar refractivity (Wildman–Crippen MR) is 76.7 cm³/mol. The third-order valence-corrected chi connectivity index (χ3v) is 4.47. The molecule has 1 rings (SSSR count). The van der Waals surface area contributed by atoms with E-state index < -0.39 is 7.60 Å². The minimum atomic E-state index is -4.60. The normalized spacial score (nSPS) is 12.7. The highest BCUT2D eigenvalue weighted by molar-refractivity contribution is 8.03. The summed E-state index contributed by atoms with van der Waals surface area (Å²) >= 11 is 1.36. The molecule has 0 unspecified atom stereocenters. The quantitative estimate of drug-likeness (QED) is 0.418. The summed E-state index contributed by atoms with van der Waals surface area (Å²) < 4.78 is 10.9. The van der Waals surface area contributed by atoms with E-state index in [2.05, 4.69) is 6.92 Å². The number of hydrogen-bond acceptors (Lipinski definition) is 4. The maximum absolute atomic E-state index is 10.9. The van der Waals surface area contributed by atoms with Crippen molar-refractivity contribution >= 4 is 19.4 Å². The summed E-state index contributed by atoms with van der Waals surface area (Å²) in [7, 11) is -4.60. The largest absolute Gasteiger partial charge is 0.808 e. The van der Waals surface area contributed by atoms with Gasteiger partial charge in [0.1, 0.15) is 0 Å². The third kappa shape index (κ3) is 8.27. The fourth-order valence-electron chi connectivity index (χ4n) is 1.68. The van der Waals surface area contributed by atoms with Crippen LogP contribution in [0.25, 0.3) is 0 Å². The molecule has 1 aromatic carbocycles. The molecule has 0 bridgehead atoms. The Bertz CT molecular complexity index is 439. The van der Waals surface area contributed by atoms with Crippen LogP contribution in [0.1, 0.15) is 39.0 Å². The fourth-order valence-corrected chi connectivity index (χ4v) is 3.61. The molecule has 0 N–H and O–H groups in total. The molecule has 0 saturated carbocycles. The van der Waals surface area contributed by atoms with Gasteiger partial charge in [-0.05, 0) is 43.3 Å². The topological polar surface area (TPSA) is 63.2 Å². The lowest BCUT2D eigenvalue weighted by Crippen LogP contribution is -2.11. The predicted octanol–water partition coefficient (Wildman–Crippen LogP) is 3.50. The van der Waals surface area contributed by atoms with Crippen LogP contribution in [0.3, 0.4) is 0 Å². The maximum atomic E-state index is 10.9. The van der Waals surface area contributed by atoms with Gasteiger partial charge in [0.15, 0.2) is 0 Å². The zero-order valence-corrected chi connectivity index (χ0v) is 12.8. The molecule has 0 aliphatic rings. The van der Waals surface area contributed by atoms with Crippen molar-refractivity contribution in [2.24, 2.45) is 0 Å². The lowest BCUT2D eigenvalue weighted by atomic mass is 10.1. The van der Waals surface area contributed by atoms with Crippen molar-refractivity contribution in [3.8, 4) is 0 Å². The van der Waals surface area contributed by atoms with E-state index >= 15 is 0 Å². The molecular formula is C14H19O3PS-2. The van der Waals surface area contributed by atoms with Gasteiger partial charge in [-0.15, -0.1) is 0 Å². The van der Waals surface area contributed by atoms with E-state index in [0.29, 0.717) is 11.3 Å². The first-order chi connectivity index (χ1) is 9.01. The average molecular weight is 298 g/mol. The summed E-state index contributed by atoms with van der Waals surface area (Å²) in [6.07, 6.45) is 4.89. The van der Waals surface area contributed by atoms with Crippen molar-refractivity contribution in [1.82, 2.24) is 0 Å². The number of rotatable bonds is 8. The van der Waals surface area contributed by atoms with E-state index in [4.69, 9.17) is 0 Å². The van der Waals surface area contributed by atoms with Gasteiger partial charge in [-0.1, -0.05) is 56.1 Å². The van der Waals surface area contributed by atoms with E-state index in [1.807, 2.05) is 30.3 Å². The smallest absolute Gasteiger partial charge is 0.0119 e. The van der Waals surface area contributed by atoms with Crippen molar-refractivity contribution in [3.05, 3.63) is 41.1 Å². The van der Waals surface area contributed by atoms with Gasteiger partial charge in [0.25, 0.3) is 0 Å². The second-order valence-corrected chi connectivity index (χ2v) is 6.90. The molecular weight excluding hydrogens is 279 g/mol. The molecule has 0 aliphatic carbocycles. The molecule has 0 atom stereocenters.